The number of alkyl halides is 2. The Hall–Kier alpha value is -4.43. The van der Waals surface area contributed by atoms with Crippen LogP contribution in [0.3, 0.4) is 0 Å². The van der Waals surface area contributed by atoms with Gasteiger partial charge in [0.1, 0.15) is 29.5 Å². The number of nitrogens with one attached hydrogen (secondary N) is 1. The van der Waals surface area contributed by atoms with E-state index in [1.165, 1.54) is 159 Å². The van der Waals surface area contributed by atoms with Gasteiger partial charge in [0.15, 0.2) is 0 Å². The molecule has 19 rings (SSSR count). The molecular formula is C93H140Cl3N7O13P2. The van der Waals surface area contributed by atoms with Gasteiger partial charge in [-0.15, -0.1) is 23.2 Å². The molecule has 2 aromatic heterocycles. The van der Waals surface area contributed by atoms with Crippen molar-refractivity contribution in [3.63, 3.8) is 0 Å². The number of aliphatic hydroxyl groups excluding tert-OH is 1. The Labute approximate surface area is 723 Å². The third-order valence-electron chi connectivity index (χ3n) is 34.0. The number of carbonyl (C=O) groups excluding carboxylic acids is 3. The Morgan fingerprint density at radius 2 is 1.03 bits per heavy atom. The Kier molecular flexibility index (Phi) is 31.3. The van der Waals surface area contributed by atoms with Crippen LogP contribution in [0.1, 0.15) is 227 Å². The van der Waals surface area contributed by atoms with E-state index in [1.54, 1.807) is 41.2 Å². The maximum Gasteiger partial charge on any atom is 0.518 e. The highest BCUT2D eigenvalue weighted by molar-refractivity contribution is 7.31. The van der Waals surface area contributed by atoms with Crippen LogP contribution in [0, 0.1) is 114 Å². The smallest absolute Gasteiger partial charge is 0.468 e. The summed E-state index contributed by atoms with van der Waals surface area (Å²) in [7, 11) is 13.2. The molecular weight excluding hydrogens is 1590 g/mol. The average molecular weight is 1730 g/mol. The fraction of sp³-hybridized carbons (Fsp3) is 0.753. The standard InChI is InChI=1S/C29H42N2O3.C23H36N2O3P2.C22H35NO.C7H4ClNO4.C6H9NO.C4H8O.CH2Cl2.CH4/c1-19-24-9-10-26-23-8-7-20-16-21(34-27(32)30(3)17-22-6-5-15-33-22)11-13-28(20,2)25(23)12-14-29(24,26)18-31(19)4;1-14-18-6-7-20-17-5-4-15-12-16(27-21(26)28-30-24-29)8-10-22(15,2)19(17)9-11-23(18,20)13-25(14)3;1-14-18-6-7-20-17-5-4-15-12-16(24)8-10-21(15,2)19(17)9-11-22(18,20)13-23(14)3;8-7(10)13-6-3-1-5(2-4-6)9(11)12;1-7-5-6-3-2-4-8-6;1-2-4-5-3-1;2-1-3;/h5-7,15,19,21,23-26H,8-14,16-18H2,1-4H3;4,14,16-20H,5-13,29H2,1-3H3;4,14,16-20,24H,5-13H2,1-3H3;1-4H;2-4,7H,5H2,1H3;1-4H2;1H2;1H4/t19-,21-,23+,24+,25-,26-,28-,29-;14-,16-,17+,18+,19-,20-,22-,23-;14-,16-,17+,18+,19-,20-,21-,22-;;;;;/m000...../s1. The number of amides is 1. The molecule has 9 saturated carbocycles. The normalized spacial score (nSPS) is 39.1. The monoisotopic (exact) mass is 1730 g/mol. The van der Waals surface area contributed by atoms with Gasteiger partial charge >= 0.3 is 17.7 Å². The quantitative estimate of drug-likeness (QED) is 0.0386. The van der Waals surface area contributed by atoms with Crippen LogP contribution in [0.2, 0.25) is 0 Å². The van der Waals surface area contributed by atoms with Crippen molar-refractivity contribution in [2.45, 2.75) is 265 Å². The number of furan rings is 2. The van der Waals surface area contributed by atoms with Crippen LogP contribution in [-0.4, -0.2) is 157 Å². The first-order valence-electron chi connectivity index (χ1n) is 44.4. The molecule has 25 atom stereocenters. The van der Waals surface area contributed by atoms with Gasteiger partial charge in [0.2, 0.25) is 0 Å². The summed E-state index contributed by atoms with van der Waals surface area (Å²) < 4.78 is 40.0. The van der Waals surface area contributed by atoms with Gasteiger partial charge in [0.05, 0.1) is 42.0 Å². The summed E-state index contributed by atoms with van der Waals surface area (Å²) in [5.41, 5.74) is 6.48. The lowest BCUT2D eigenvalue weighted by Gasteiger charge is -2.58. The number of nitro benzene ring substituents is 1. The average Bonchev–Trinajstić information content (AvgIpc) is 1.51. The molecule has 656 valence electrons. The molecule has 13 fully saturated rings. The van der Waals surface area contributed by atoms with Gasteiger partial charge in [-0.3, -0.25) is 10.1 Å². The number of hydrogen-bond donors (Lipinski definition) is 2. The summed E-state index contributed by atoms with van der Waals surface area (Å²) in [6.07, 6.45) is 42.9. The van der Waals surface area contributed by atoms with Crippen molar-refractivity contribution in [1.29, 1.82) is 0 Å². The van der Waals surface area contributed by atoms with E-state index in [0.29, 0.717) is 33.6 Å². The lowest BCUT2D eigenvalue weighted by Crippen LogP contribution is -2.52. The second-order valence-electron chi connectivity index (χ2n) is 38.8. The summed E-state index contributed by atoms with van der Waals surface area (Å²) in [6.45, 7) is 22.3. The minimum absolute atomic E-state index is 0. The molecule has 12 aliphatic carbocycles. The van der Waals surface area contributed by atoms with Crippen LogP contribution >= 0.6 is 52.8 Å². The minimum atomic E-state index is -0.978. The number of carbonyl (C=O) groups is 3. The van der Waals surface area contributed by atoms with Gasteiger partial charge < -0.3 is 62.3 Å². The third-order valence-corrected chi connectivity index (χ3v) is 34.7. The van der Waals surface area contributed by atoms with Crippen LogP contribution in [-0.2, 0) is 31.8 Å². The number of nitrogens with zero attached hydrogens (tertiary/aromatic N) is 6. The van der Waals surface area contributed by atoms with Crippen LogP contribution in [0.5, 0.6) is 5.75 Å². The lowest BCUT2D eigenvalue weighted by atomic mass is 9.47. The Morgan fingerprint density at radius 3 is 1.42 bits per heavy atom. The van der Waals surface area contributed by atoms with E-state index in [9.17, 15) is 29.6 Å². The number of benzene rings is 1. The fourth-order valence-electron chi connectivity index (χ4n) is 28.5. The van der Waals surface area contributed by atoms with Crippen LogP contribution < -0.4 is 10.1 Å². The van der Waals surface area contributed by atoms with E-state index >= 15 is 0 Å². The molecule has 1 aromatic carbocycles. The molecule has 4 saturated heterocycles. The van der Waals surface area contributed by atoms with Crippen molar-refractivity contribution < 1.29 is 56.7 Å². The van der Waals surface area contributed by atoms with Crippen molar-refractivity contribution in [3.05, 3.63) is 118 Å². The highest BCUT2D eigenvalue weighted by Gasteiger charge is 2.68. The second kappa shape index (κ2) is 39.8. The van der Waals surface area contributed by atoms with E-state index in [0.717, 1.165) is 172 Å². The van der Waals surface area contributed by atoms with Crippen LogP contribution in [0.15, 0.2) is 109 Å². The highest BCUT2D eigenvalue weighted by Crippen LogP contribution is 2.72. The number of halogens is 3. The molecule has 3 aromatic rings. The number of aliphatic hydroxyl groups is 1. The second-order valence-corrected chi connectivity index (χ2v) is 41.2. The minimum Gasteiger partial charge on any atom is -0.468 e. The lowest BCUT2D eigenvalue weighted by molar-refractivity contribution is -0.384. The predicted octanol–water partition coefficient (Wildman–Crippen LogP) is 22.8. The van der Waals surface area contributed by atoms with E-state index in [-0.39, 0.29) is 62.6 Å². The number of likely N-dealkylation sites (tertiary alicyclic amines) is 3. The van der Waals surface area contributed by atoms with Crippen molar-refractivity contribution >= 4 is 76.2 Å². The molecule has 25 heteroatoms. The van der Waals surface area contributed by atoms with Gasteiger partial charge in [0, 0.05) is 94.6 Å². The molecule has 6 heterocycles. The molecule has 3 spiro atoms. The molecule has 0 radical (unpaired) electrons. The summed E-state index contributed by atoms with van der Waals surface area (Å²) >= 11 is 14.4. The first-order valence-corrected chi connectivity index (χ1v) is 47.1. The molecule has 20 nitrogen and oxygen atoms in total. The first-order chi connectivity index (χ1) is 56.1. The van der Waals surface area contributed by atoms with Crippen LogP contribution in [0.4, 0.5) is 20.1 Å². The number of allylic oxidation sites excluding steroid dienone is 3. The van der Waals surface area contributed by atoms with Gasteiger partial charge in [0.25, 0.3) is 14.3 Å². The van der Waals surface area contributed by atoms with E-state index in [2.05, 4.69) is 120 Å². The topological polar surface area (TPSA) is 224 Å². The summed E-state index contributed by atoms with van der Waals surface area (Å²) in [4.78, 5) is 54.1. The molecule has 2 N–H and O–H groups in total. The molecule has 118 heavy (non-hydrogen) atoms. The predicted molar refractivity (Wildman–Crippen MR) is 471 cm³/mol. The molecule has 4 aliphatic heterocycles. The third kappa shape index (κ3) is 18.9. The number of nitro groups is 1. The zero-order valence-electron chi connectivity index (χ0n) is 71.6. The molecule has 1 amide bonds. The maximum atomic E-state index is 12.7. The molecule has 0 bridgehead atoms. The van der Waals surface area contributed by atoms with Crippen molar-refractivity contribution in [2.75, 3.05) is 73.4 Å². The number of hydrogen-bond acceptors (Lipinski definition) is 18. The molecule has 1 unspecified atom stereocenters. The highest BCUT2D eigenvalue weighted by atomic mass is 35.5. The van der Waals surface area contributed by atoms with Crippen molar-refractivity contribution in [2.24, 2.45) is 108 Å². The molecule has 16 aliphatic rings. The number of rotatable bonds is 9. The van der Waals surface area contributed by atoms with Crippen molar-refractivity contribution in [3.8, 4) is 5.75 Å². The Bertz CT molecular complexity index is 3960. The number of ether oxygens (including phenoxy) is 4. The van der Waals surface area contributed by atoms with Gasteiger partial charge in [-0.05, 0) is 352 Å². The summed E-state index contributed by atoms with van der Waals surface area (Å²) in [5.74, 6) is 12.6. The zero-order chi connectivity index (χ0) is 83.4. The Balaban J connectivity index is 0.000000140. The largest absolute Gasteiger partial charge is 0.518 e. The van der Waals surface area contributed by atoms with Gasteiger partial charge in [-0.2, -0.15) is 0 Å². The summed E-state index contributed by atoms with van der Waals surface area (Å²) in [6, 6.07) is 14.9. The van der Waals surface area contributed by atoms with Gasteiger partial charge in [-0.1, -0.05) is 63.1 Å². The van der Waals surface area contributed by atoms with Crippen LogP contribution in [0.25, 0.3) is 0 Å². The van der Waals surface area contributed by atoms with Crippen molar-refractivity contribution in [1.82, 2.24) is 24.9 Å². The zero-order valence-corrected chi connectivity index (χ0v) is 75.9. The van der Waals surface area contributed by atoms with E-state index in [1.807, 2.05) is 31.3 Å². The Morgan fingerprint density at radius 1 is 0.619 bits per heavy atom. The van der Waals surface area contributed by atoms with Gasteiger partial charge in [-0.25, -0.2) is 18.9 Å². The summed E-state index contributed by atoms with van der Waals surface area (Å²) in [5, 5.41) is 23.5. The fourth-order valence-corrected chi connectivity index (χ4v) is 28.9. The number of fused-ring (bicyclic) bond motifs is 12. The maximum absolute atomic E-state index is 12.7. The number of non-ortho nitro benzene ring substituents is 1. The SMILES string of the molecule is C.C1CCOC1.CNCc1ccco1.C[C@H]1[C@H]2CC[C@H]3[C@@H]4CC=C5C[C@@H](O)CC[C@]5(C)[C@H]4CC[C@]23CN1C.C[C@H]1[C@H]2CC[C@H]3[C@@H]4CC=C5C[C@@H](OC(=O)N(C)Cc6ccco6)CC[C@]5(C)[C@H]4CC[C@]23CN1C.C[C@H]1[C@H]2CC[C@H]3[C@@H]4CC=C5C[C@@H](OC(=O)OP=NP)CC[C@]5(C)[C@H]4CC[C@]23CN1C.ClCCl.O=C(Cl)Oc1ccc([N+](=O)[O-])cc1. The first kappa shape index (κ1) is 92.7. The van der Waals surface area contributed by atoms with E-state index < -0.39 is 16.5 Å². The van der Waals surface area contributed by atoms with E-state index in [4.69, 9.17) is 62.4 Å².